The molecule has 0 bridgehead atoms. The lowest BCUT2D eigenvalue weighted by Crippen LogP contribution is -2.41. The van der Waals surface area contributed by atoms with Crippen LogP contribution in [0.4, 0.5) is 0 Å². The molecule has 0 saturated heterocycles. The van der Waals surface area contributed by atoms with E-state index in [-0.39, 0.29) is 6.61 Å². The van der Waals surface area contributed by atoms with Gasteiger partial charge < -0.3 is 14.9 Å². The first kappa shape index (κ1) is 17.4. The molecule has 3 heteroatoms. The Hall–Kier alpha value is -0.640. The van der Waals surface area contributed by atoms with Crippen LogP contribution in [0, 0.1) is 0 Å². The standard InChI is InChI=1S/C12H20O3.C3H8/c1-12(2,11(14)8-13)15-9-10-6-4-3-5-7-10;1-3-2/h4,6-7,11,13-14H,3,5,8-9H2,1-2H3;3H2,1-2H3. The predicted octanol–water partition coefficient (Wildman–Crippen LogP) is 2.83. The number of hydrogen-bond acceptors (Lipinski definition) is 3. The fraction of sp³-hybridized carbons (Fsp3) is 0.733. The van der Waals surface area contributed by atoms with Crippen molar-refractivity contribution in [2.75, 3.05) is 13.2 Å². The summed E-state index contributed by atoms with van der Waals surface area (Å²) < 4.78 is 5.59. The van der Waals surface area contributed by atoms with Gasteiger partial charge in [0.2, 0.25) is 0 Å². The SMILES string of the molecule is CC(C)(OCC1=CCCC=C1)C(O)CO.CCC. The Balaban J connectivity index is 0.000000873. The maximum Gasteiger partial charge on any atom is 0.105 e. The average molecular weight is 256 g/mol. The van der Waals surface area contributed by atoms with Crippen molar-refractivity contribution in [1.29, 1.82) is 0 Å². The van der Waals surface area contributed by atoms with E-state index in [9.17, 15) is 5.11 Å². The lowest BCUT2D eigenvalue weighted by molar-refractivity contribution is -0.108. The second kappa shape index (κ2) is 9.31. The van der Waals surface area contributed by atoms with E-state index in [0.29, 0.717) is 6.61 Å². The van der Waals surface area contributed by atoms with Gasteiger partial charge in [-0.15, -0.1) is 0 Å². The summed E-state index contributed by atoms with van der Waals surface area (Å²) >= 11 is 0. The van der Waals surface area contributed by atoms with E-state index >= 15 is 0 Å². The summed E-state index contributed by atoms with van der Waals surface area (Å²) in [7, 11) is 0. The summed E-state index contributed by atoms with van der Waals surface area (Å²) in [5, 5.41) is 18.4. The maximum atomic E-state index is 9.50. The Bertz CT molecular complexity index is 267. The van der Waals surface area contributed by atoms with Crippen LogP contribution >= 0.6 is 0 Å². The largest absolute Gasteiger partial charge is 0.394 e. The van der Waals surface area contributed by atoms with Gasteiger partial charge in [0.25, 0.3) is 0 Å². The average Bonchev–Trinajstić information content (AvgIpc) is 2.37. The lowest BCUT2D eigenvalue weighted by Gasteiger charge is -2.30. The van der Waals surface area contributed by atoms with Crippen LogP contribution in [0.2, 0.25) is 0 Å². The Morgan fingerprint density at radius 1 is 1.33 bits per heavy atom. The Morgan fingerprint density at radius 2 is 1.94 bits per heavy atom. The molecular formula is C15H28O3. The molecule has 1 unspecified atom stereocenters. The fourth-order valence-corrected chi connectivity index (χ4v) is 1.36. The molecule has 18 heavy (non-hydrogen) atoms. The van der Waals surface area contributed by atoms with Crippen LogP contribution in [0.5, 0.6) is 0 Å². The normalized spacial score (nSPS) is 16.7. The second-order valence-electron chi connectivity index (χ2n) is 5.06. The van der Waals surface area contributed by atoms with Crippen LogP contribution < -0.4 is 0 Å². The van der Waals surface area contributed by atoms with Gasteiger partial charge in [0, 0.05) is 0 Å². The number of allylic oxidation sites excluding steroid dienone is 2. The molecule has 1 aliphatic rings. The predicted molar refractivity (Wildman–Crippen MR) is 75.5 cm³/mol. The van der Waals surface area contributed by atoms with E-state index in [1.807, 2.05) is 6.08 Å². The highest BCUT2D eigenvalue weighted by molar-refractivity contribution is 5.22. The van der Waals surface area contributed by atoms with Gasteiger partial charge in [-0.2, -0.15) is 0 Å². The van der Waals surface area contributed by atoms with Crippen LogP contribution in [0.25, 0.3) is 0 Å². The highest BCUT2D eigenvalue weighted by atomic mass is 16.5. The van der Waals surface area contributed by atoms with Gasteiger partial charge in [0.15, 0.2) is 0 Å². The van der Waals surface area contributed by atoms with Gasteiger partial charge in [-0.25, -0.2) is 0 Å². The second-order valence-corrected chi connectivity index (χ2v) is 5.06. The quantitative estimate of drug-likeness (QED) is 0.795. The monoisotopic (exact) mass is 256 g/mol. The molecule has 0 heterocycles. The molecule has 0 amide bonds. The molecule has 106 valence electrons. The summed E-state index contributed by atoms with van der Waals surface area (Å²) in [5.41, 5.74) is 0.431. The van der Waals surface area contributed by atoms with E-state index in [1.165, 1.54) is 6.42 Å². The van der Waals surface area contributed by atoms with Crippen LogP contribution in [0.3, 0.4) is 0 Å². The molecule has 0 spiro atoms. The summed E-state index contributed by atoms with van der Waals surface area (Å²) in [5.74, 6) is 0. The van der Waals surface area contributed by atoms with Crippen molar-refractivity contribution in [1.82, 2.24) is 0 Å². The van der Waals surface area contributed by atoms with Gasteiger partial charge in [-0.05, 0) is 32.3 Å². The Kier molecular flexibility index (Phi) is 8.98. The zero-order valence-electron chi connectivity index (χ0n) is 12.1. The lowest BCUT2D eigenvalue weighted by atomic mass is 10.0. The smallest absolute Gasteiger partial charge is 0.105 e. The molecule has 1 rings (SSSR count). The fourth-order valence-electron chi connectivity index (χ4n) is 1.36. The zero-order valence-corrected chi connectivity index (χ0v) is 12.1. The number of hydrogen-bond donors (Lipinski definition) is 2. The van der Waals surface area contributed by atoms with E-state index in [4.69, 9.17) is 9.84 Å². The highest BCUT2D eigenvalue weighted by Gasteiger charge is 2.28. The molecular weight excluding hydrogens is 228 g/mol. The molecule has 1 aliphatic carbocycles. The zero-order chi connectivity index (χ0) is 14.0. The van der Waals surface area contributed by atoms with Crippen molar-refractivity contribution in [3.63, 3.8) is 0 Å². The van der Waals surface area contributed by atoms with Crippen molar-refractivity contribution in [3.8, 4) is 0 Å². The minimum Gasteiger partial charge on any atom is -0.394 e. The molecule has 0 radical (unpaired) electrons. The minimum atomic E-state index is -0.842. The van der Waals surface area contributed by atoms with Crippen molar-refractivity contribution in [3.05, 3.63) is 23.8 Å². The van der Waals surface area contributed by atoms with Crippen LogP contribution in [0.1, 0.15) is 47.0 Å². The van der Waals surface area contributed by atoms with Crippen LogP contribution in [-0.2, 0) is 4.74 Å². The van der Waals surface area contributed by atoms with E-state index < -0.39 is 11.7 Å². The van der Waals surface area contributed by atoms with Gasteiger partial charge in [0.1, 0.15) is 6.10 Å². The van der Waals surface area contributed by atoms with Gasteiger partial charge in [-0.3, -0.25) is 0 Å². The molecule has 0 fully saturated rings. The van der Waals surface area contributed by atoms with E-state index in [0.717, 1.165) is 18.4 Å². The number of aliphatic hydroxyl groups is 2. The van der Waals surface area contributed by atoms with Gasteiger partial charge >= 0.3 is 0 Å². The van der Waals surface area contributed by atoms with Crippen LogP contribution in [0.15, 0.2) is 23.8 Å². The van der Waals surface area contributed by atoms with Crippen molar-refractivity contribution in [2.45, 2.75) is 58.7 Å². The van der Waals surface area contributed by atoms with Crippen molar-refractivity contribution in [2.24, 2.45) is 0 Å². The molecule has 2 N–H and O–H groups in total. The highest BCUT2D eigenvalue weighted by Crippen LogP contribution is 2.18. The third-order valence-corrected chi connectivity index (χ3v) is 2.66. The molecule has 0 aromatic rings. The van der Waals surface area contributed by atoms with Crippen molar-refractivity contribution < 1.29 is 14.9 Å². The Morgan fingerprint density at radius 3 is 2.39 bits per heavy atom. The van der Waals surface area contributed by atoms with Gasteiger partial charge in [0.05, 0.1) is 18.8 Å². The topological polar surface area (TPSA) is 49.7 Å². The molecule has 0 aliphatic heterocycles. The molecule has 0 saturated carbocycles. The van der Waals surface area contributed by atoms with Crippen LogP contribution in [-0.4, -0.2) is 35.1 Å². The number of rotatable bonds is 5. The first-order valence-electron chi connectivity index (χ1n) is 6.76. The third-order valence-electron chi connectivity index (χ3n) is 2.66. The van der Waals surface area contributed by atoms with Gasteiger partial charge in [-0.1, -0.05) is 38.5 Å². The summed E-state index contributed by atoms with van der Waals surface area (Å²) in [4.78, 5) is 0. The molecule has 0 aromatic heterocycles. The summed E-state index contributed by atoms with van der Waals surface area (Å²) in [6.45, 7) is 8.02. The minimum absolute atomic E-state index is 0.276. The maximum absolute atomic E-state index is 9.50. The van der Waals surface area contributed by atoms with E-state index in [2.05, 4.69) is 26.0 Å². The molecule has 1 atom stereocenters. The molecule has 3 nitrogen and oxygen atoms in total. The summed E-state index contributed by atoms with van der Waals surface area (Å²) in [6.07, 6.45) is 8.86. The summed E-state index contributed by atoms with van der Waals surface area (Å²) in [6, 6.07) is 0. The number of ether oxygens (including phenoxy) is 1. The van der Waals surface area contributed by atoms with E-state index in [1.54, 1.807) is 13.8 Å². The molecule has 0 aromatic carbocycles. The first-order chi connectivity index (χ1) is 8.47. The Labute approximate surface area is 111 Å². The van der Waals surface area contributed by atoms with Crippen molar-refractivity contribution >= 4 is 0 Å². The first-order valence-corrected chi connectivity index (χ1v) is 6.76. The third kappa shape index (κ3) is 6.94. The number of aliphatic hydroxyl groups excluding tert-OH is 2.